The van der Waals surface area contributed by atoms with Crippen LogP contribution in [0, 0.1) is 5.82 Å². The molecule has 0 spiro atoms. The zero-order valence-corrected chi connectivity index (χ0v) is 18.1. The Balaban J connectivity index is 1.29. The zero-order valence-electron chi connectivity index (χ0n) is 18.1. The molecule has 2 atom stereocenters. The van der Waals surface area contributed by atoms with E-state index in [1.807, 2.05) is 0 Å². The van der Waals surface area contributed by atoms with Crippen LogP contribution < -0.4 is 14.9 Å². The minimum Gasteiger partial charge on any atom is -0.497 e. The van der Waals surface area contributed by atoms with Gasteiger partial charge in [-0.2, -0.15) is 4.98 Å². The Kier molecular flexibility index (Phi) is 5.43. The standard InChI is InChI=1S/C23H22FN5O4/c1-31-16-7-8-17(20(11-16)32-2)22-25-21(33-27-22)13-28-9-10-29-19(23(28)30)12-18(26-29)14-3-5-15(24)6-4-14/h3-11,18-19,26H,12-13H2,1-2H3. The van der Waals surface area contributed by atoms with Crippen molar-refractivity contribution in [3.8, 4) is 22.9 Å². The van der Waals surface area contributed by atoms with Gasteiger partial charge in [0.1, 0.15) is 29.9 Å². The number of benzene rings is 2. The highest BCUT2D eigenvalue weighted by Crippen LogP contribution is 2.33. The first-order valence-corrected chi connectivity index (χ1v) is 10.4. The summed E-state index contributed by atoms with van der Waals surface area (Å²) in [6.07, 6.45) is 4.04. The smallest absolute Gasteiger partial charge is 0.251 e. The number of methoxy groups -OCH3 is 2. The fourth-order valence-electron chi connectivity index (χ4n) is 4.04. The molecule has 2 unspecified atom stereocenters. The highest BCUT2D eigenvalue weighted by molar-refractivity contribution is 5.84. The Morgan fingerprint density at radius 3 is 2.73 bits per heavy atom. The lowest BCUT2D eigenvalue weighted by molar-refractivity contribution is -0.135. The van der Waals surface area contributed by atoms with Gasteiger partial charge >= 0.3 is 0 Å². The van der Waals surface area contributed by atoms with Gasteiger partial charge < -0.3 is 23.9 Å². The minimum absolute atomic E-state index is 0.0818. The van der Waals surface area contributed by atoms with Crippen molar-refractivity contribution >= 4 is 5.91 Å². The number of rotatable bonds is 6. The summed E-state index contributed by atoms with van der Waals surface area (Å²) in [6, 6.07) is 11.1. The van der Waals surface area contributed by atoms with Crippen LogP contribution in [0.15, 0.2) is 59.4 Å². The number of nitrogens with zero attached hydrogens (tertiary/aromatic N) is 4. The lowest BCUT2D eigenvalue weighted by atomic mass is 10.0. The number of halogens is 1. The van der Waals surface area contributed by atoms with Gasteiger partial charge in [-0.3, -0.25) is 4.79 Å². The van der Waals surface area contributed by atoms with Crippen LogP contribution >= 0.6 is 0 Å². The van der Waals surface area contributed by atoms with Crippen LogP contribution in [0.25, 0.3) is 11.4 Å². The Hall–Kier alpha value is -3.92. The van der Waals surface area contributed by atoms with Gasteiger partial charge in [-0.1, -0.05) is 17.3 Å². The lowest BCUT2D eigenvalue weighted by Gasteiger charge is -2.30. The fourth-order valence-corrected chi connectivity index (χ4v) is 4.04. The molecule has 1 fully saturated rings. The van der Waals surface area contributed by atoms with Crippen LogP contribution in [0.3, 0.4) is 0 Å². The average molecular weight is 451 g/mol. The number of amides is 1. The quantitative estimate of drug-likeness (QED) is 0.612. The summed E-state index contributed by atoms with van der Waals surface area (Å²) in [5.41, 5.74) is 4.87. The van der Waals surface area contributed by atoms with Crippen molar-refractivity contribution in [1.82, 2.24) is 25.5 Å². The van der Waals surface area contributed by atoms with Gasteiger partial charge in [0.05, 0.1) is 25.8 Å². The van der Waals surface area contributed by atoms with Crippen molar-refractivity contribution in [3.63, 3.8) is 0 Å². The summed E-state index contributed by atoms with van der Waals surface area (Å²) in [5.74, 6) is 1.49. The molecule has 2 aliphatic heterocycles. The van der Waals surface area contributed by atoms with Crippen molar-refractivity contribution in [2.24, 2.45) is 0 Å². The highest BCUT2D eigenvalue weighted by atomic mass is 19.1. The third-order valence-corrected chi connectivity index (χ3v) is 5.77. The van der Waals surface area contributed by atoms with Crippen LogP contribution in [0.5, 0.6) is 11.5 Å². The number of hydrogen-bond donors (Lipinski definition) is 1. The molecule has 0 aliphatic carbocycles. The molecule has 0 radical (unpaired) electrons. The molecule has 9 nitrogen and oxygen atoms in total. The van der Waals surface area contributed by atoms with E-state index < -0.39 is 0 Å². The van der Waals surface area contributed by atoms with Gasteiger partial charge in [-0.15, -0.1) is 0 Å². The Morgan fingerprint density at radius 1 is 1.15 bits per heavy atom. The maximum absolute atomic E-state index is 13.2. The summed E-state index contributed by atoms with van der Waals surface area (Å²) in [5, 5.41) is 5.83. The van der Waals surface area contributed by atoms with E-state index in [1.165, 1.54) is 12.1 Å². The van der Waals surface area contributed by atoms with Crippen molar-refractivity contribution in [1.29, 1.82) is 0 Å². The molecule has 170 valence electrons. The van der Waals surface area contributed by atoms with Crippen LogP contribution in [-0.4, -0.2) is 46.2 Å². The SMILES string of the molecule is COc1ccc(-c2noc(CN3C=CN4NC(c5ccc(F)cc5)CC4C3=O)n2)c(OC)c1. The van der Waals surface area contributed by atoms with E-state index in [4.69, 9.17) is 14.0 Å². The number of hydrazine groups is 1. The lowest BCUT2D eigenvalue weighted by Crippen LogP contribution is -2.47. The van der Waals surface area contributed by atoms with Crippen molar-refractivity contribution in [2.45, 2.75) is 25.0 Å². The van der Waals surface area contributed by atoms with Crippen molar-refractivity contribution in [3.05, 3.63) is 72.1 Å². The van der Waals surface area contributed by atoms with Gasteiger partial charge in [0, 0.05) is 18.5 Å². The molecular weight excluding hydrogens is 429 g/mol. The predicted molar refractivity (Wildman–Crippen MR) is 115 cm³/mol. The largest absolute Gasteiger partial charge is 0.497 e. The van der Waals surface area contributed by atoms with Gasteiger partial charge in [0.15, 0.2) is 0 Å². The van der Waals surface area contributed by atoms with Crippen molar-refractivity contribution < 1.29 is 23.2 Å². The number of carbonyl (C=O) groups excluding carboxylic acids is 1. The molecule has 1 saturated heterocycles. The second-order valence-electron chi connectivity index (χ2n) is 7.73. The van der Waals surface area contributed by atoms with Gasteiger partial charge in [0.25, 0.3) is 5.91 Å². The molecule has 1 aromatic heterocycles. The second kappa shape index (κ2) is 8.55. The average Bonchev–Trinajstić information content (AvgIpc) is 3.48. The highest BCUT2D eigenvalue weighted by Gasteiger charge is 2.40. The number of aromatic nitrogens is 2. The summed E-state index contributed by atoms with van der Waals surface area (Å²) >= 11 is 0. The predicted octanol–water partition coefficient (Wildman–Crippen LogP) is 3.03. The van der Waals surface area contributed by atoms with E-state index in [2.05, 4.69) is 15.6 Å². The molecule has 1 N–H and O–H groups in total. The molecule has 5 rings (SSSR count). The van der Waals surface area contributed by atoms with Gasteiger partial charge in [-0.25, -0.2) is 9.82 Å². The van der Waals surface area contributed by atoms with E-state index in [-0.39, 0.29) is 30.4 Å². The third-order valence-electron chi connectivity index (χ3n) is 5.77. The summed E-state index contributed by atoms with van der Waals surface area (Å²) in [6.45, 7) is 0.145. The van der Waals surface area contributed by atoms with E-state index in [1.54, 1.807) is 66.9 Å². The number of carbonyl (C=O) groups is 1. The first kappa shape index (κ1) is 21.0. The fraction of sp³-hybridized carbons (Fsp3) is 0.261. The van der Waals surface area contributed by atoms with Gasteiger partial charge in [0.2, 0.25) is 11.7 Å². The maximum atomic E-state index is 13.2. The first-order valence-electron chi connectivity index (χ1n) is 10.4. The van der Waals surface area contributed by atoms with E-state index >= 15 is 0 Å². The third kappa shape index (κ3) is 4.00. The van der Waals surface area contributed by atoms with Crippen LogP contribution in [0.1, 0.15) is 23.9 Å². The van der Waals surface area contributed by atoms with E-state index in [0.29, 0.717) is 35.2 Å². The Labute approximate surface area is 189 Å². The van der Waals surface area contributed by atoms with E-state index in [9.17, 15) is 9.18 Å². The van der Waals surface area contributed by atoms with E-state index in [0.717, 1.165) is 5.56 Å². The molecule has 0 bridgehead atoms. The maximum Gasteiger partial charge on any atom is 0.251 e. The normalized spacial score (nSPS) is 19.7. The Bertz CT molecular complexity index is 1200. The number of fused-ring (bicyclic) bond motifs is 1. The number of ether oxygens (including phenoxy) is 2. The molecule has 1 amide bonds. The molecular formula is C23H22FN5O4. The number of nitrogens with one attached hydrogen (secondary N) is 1. The monoisotopic (exact) mass is 451 g/mol. The molecule has 0 saturated carbocycles. The summed E-state index contributed by atoms with van der Waals surface area (Å²) in [4.78, 5) is 19.1. The van der Waals surface area contributed by atoms with Crippen molar-refractivity contribution in [2.75, 3.05) is 14.2 Å². The van der Waals surface area contributed by atoms with Crippen LogP contribution in [0.4, 0.5) is 4.39 Å². The number of hydrogen-bond acceptors (Lipinski definition) is 8. The topological polar surface area (TPSA) is 93.0 Å². The minimum atomic E-state index is -0.380. The molecule has 2 aliphatic rings. The first-order chi connectivity index (χ1) is 16.1. The second-order valence-corrected chi connectivity index (χ2v) is 7.73. The molecule has 3 aromatic rings. The van der Waals surface area contributed by atoms with Crippen LogP contribution in [-0.2, 0) is 11.3 Å². The molecule has 2 aromatic carbocycles. The zero-order chi connectivity index (χ0) is 22.9. The summed E-state index contributed by atoms with van der Waals surface area (Å²) < 4.78 is 29.3. The molecule has 33 heavy (non-hydrogen) atoms. The Morgan fingerprint density at radius 2 is 1.97 bits per heavy atom. The van der Waals surface area contributed by atoms with Crippen LogP contribution in [0.2, 0.25) is 0 Å². The van der Waals surface area contributed by atoms with Gasteiger partial charge in [-0.05, 0) is 36.2 Å². The molecule has 10 heteroatoms. The summed E-state index contributed by atoms with van der Waals surface area (Å²) in [7, 11) is 3.13. The molecule has 3 heterocycles.